The number of hydrogen-bond donors (Lipinski definition) is 0. The smallest absolute Gasteiger partial charge is 0.187 e. The number of hydrogen-bond acceptors (Lipinski definition) is 5. The Bertz CT molecular complexity index is 2760. The van der Waals surface area contributed by atoms with Gasteiger partial charge in [0.25, 0.3) is 0 Å². The molecule has 0 atom stereocenters. The minimum atomic E-state index is 0.591. The zero-order valence-corrected chi connectivity index (χ0v) is 30.2. The van der Waals surface area contributed by atoms with E-state index in [-0.39, 0.29) is 0 Å². The third-order valence-electron chi connectivity index (χ3n) is 9.60. The number of nitrogens with zero attached hydrogens (tertiary/aromatic N) is 6. The van der Waals surface area contributed by atoms with Crippen molar-refractivity contribution < 1.29 is 0 Å². The predicted octanol–water partition coefficient (Wildman–Crippen LogP) is 12.5. The topological polar surface area (TPSA) is 68.8 Å². The van der Waals surface area contributed by atoms with Crippen LogP contribution in [-0.4, -0.2) is 24.9 Å². The van der Waals surface area contributed by atoms with Gasteiger partial charge in [-0.1, -0.05) is 182 Å². The van der Waals surface area contributed by atoms with Crippen LogP contribution in [0.3, 0.4) is 0 Å². The van der Waals surface area contributed by atoms with Crippen LogP contribution in [0.4, 0.5) is 5.69 Å². The first-order chi connectivity index (χ1) is 27.7. The van der Waals surface area contributed by atoms with Gasteiger partial charge in [-0.15, -0.1) is 0 Å². The molecule has 0 amide bonds. The molecule has 7 aromatic carbocycles. The Balaban J connectivity index is 1.05. The monoisotopic (exact) mass is 716 g/mol. The van der Waals surface area contributed by atoms with Crippen LogP contribution in [0.15, 0.2) is 194 Å². The molecule has 9 aromatic rings. The lowest BCUT2D eigenvalue weighted by atomic mass is 10.00. The molecule has 0 N–H and O–H groups in total. The molecule has 0 saturated heterocycles. The highest BCUT2D eigenvalue weighted by Crippen LogP contribution is 2.32. The second-order valence-corrected chi connectivity index (χ2v) is 13.3. The maximum atomic E-state index is 7.25. The van der Waals surface area contributed by atoms with Crippen LogP contribution in [0.1, 0.15) is 0 Å². The Morgan fingerprint density at radius 3 is 1.12 bits per heavy atom. The van der Waals surface area contributed by atoms with Gasteiger partial charge in [-0.25, -0.2) is 29.8 Å². The third kappa shape index (κ3) is 7.21. The normalized spacial score (nSPS) is 10.8. The molecule has 0 unspecified atom stereocenters. The van der Waals surface area contributed by atoms with Crippen molar-refractivity contribution in [3.8, 4) is 90.3 Å². The summed E-state index contributed by atoms with van der Waals surface area (Å²) in [5, 5.41) is 0. The summed E-state index contributed by atoms with van der Waals surface area (Å²) < 4.78 is 0. The predicted molar refractivity (Wildman–Crippen MR) is 225 cm³/mol. The molecule has 0 fully saturated rings. The van der Waals surface area contributed by atoms with Crippen molar-refractivity contribution in [1.82, 2.24) is 24.9 Å². The van der Waals surface area contributed by atoms with E-state index in [2.05, 4.69) is 71.6 Å². The second kappa shape index (κ2) is 15.2. The molecule has 2 heterocycles. The van der Waals surface area contributed by atoms with Crippen molar-refractivity contribution in [3.05, 3.63) is 206 Å². The SMILES string of the molecule is [C-]#[N+]c1ccc(-c2ccc(-c3nc(-c4ccccc4)nc(-c4cccc(-c5ccc(-c6cc(-c7ccccc7)nc(-c7ccccc7)n6)cc5)c4)n3)cc2)cc1. The maximum absolute atomic E-state index is 7.25. The van der Waals surface area contributed by atoms with Gasteiger partial charge < -0.3 is 0 Å². The number of aromatic nitrogens is 5. The first-order valence-corrected chi connectivity index (χ1v) is 18.3. The van der Waals surface area contributed by atoms with Gasteiger partial charge in [0.05, 0.1) is 18.0 Å². The molecule has 6 heteroatoms. The highest BCUT2D eigenvalue weighted by atomic mass is 15.0. The van der Waals surface area contributed by atoms with Gasteiger partial charge in [-0.2, -0.15) is 0 Å². The summed E-state index contributed by atoms with van der Waals surface area (Å²) in [7, 11) is 0. The van der Waals surface area contributed by atoms with Crippen LogP contribution in [0.25, 0.3) is 95.2 Å². The highest BCUT2D eigenvalue weighted by molar-refractivity contribution is 5.77. The van der Waals surface area contributed by atoms with Crippen LogP contribution in [0, 0.1) is 6.57 Å². The Hall–Kier alpha value is -7.88. The summed E-state index contributed by atoms with van der Waals surface area (Å²) >= 11 is 0. The minimum Gasteiger partial charge on any atom is -0.238 e. The van der Waals surface area contributed by atoms with Gasteiger partial charge in [0.2, 0.25) is 0 Å². The molecule has 0 radical (unpaired) electrons. The molecule has 262 valence electrons. The molecular weight excluding hydrogens is 685 g/mol. The van der Waals surface area contributed by atoms with Crippen molar-refractivity contribution in [2.75, 3.05) is 0 Å². The standard InChI is InChI=1S/C50H32N6/c1-51-44-30-28-35(29-31-44)34-22-26-41(27-23-34)49-54-48(40-16-9-4-10-17-40)55-50(56-49)43-19-11-18-42(32-43)36-20-24-38(25-21-36)46-33-45(37-12-5-2-6-13-37)52-47(53-46)39-14-7-3-8-15-39/h2-33H. The van der Waals surface area contributed by atoms with E-state index in [0.29, 0.717) is 29.0 Å². The summed E-state index contributed by atoms with van der Waals surface area (Å²) in [5.41, 5.74) is 12.3. The maximum Gasteiger partial charge on any atom is 0.187 e. The van der Waals surface area contributed by atoms with E-state index in [1.165, 1.54) is 0 Å². The van der Waals surface area contributed by atoms with E-state index in [4.69, 9.17) is 31.5 Å². The average molecular weight is 717 g/mol. The summed E-state index contributed by atoms with van der Waals surface area (Å²) in [6.07, 6.45) is 0. The highest BCUT2D eigenvalue weighted by Gasteiger charge is 2.15. The molecule has 0 aliphatic rings. The number of rotatable bonds is 8. The van der Waals surface area contributed by atoms with Crippen molar-refractivity contribution >= 4 is 5.69 Å². The molecule has 6 nitrogen and oxygen atoms in total. The Labute approximate surface area is 325 Å². The van der Waals surface area contributed by atoms with Gasteiger partial charge in [0, 0.05) is 33.4 Å². The van der Waals surface area contributed by atoms with Crippen LogP contribution in [-0.2, 0) is 0 Å². The van der Waals surface area contributed by atoms with Gasteiger partial charge in [0.1, 0.15) is 0 Å². The molecule has 2 aromatic heterocycles. The molecule has 0 aliphatic heterocycles. The second-order valence-electron chi connectivity index (χ2n) is 13.3. The average Bonchev–Trinajstić information content (AvgIpc) is 3.30. The van der Waals surface area contributed by atoms with Crippen LogP contribution >= 0.6 is 0 Å². The summed E-state index contributed by atoms with van der Waals surface area (Å²) in [6.45, 7) is 7.25. The lowest BCUT2D eigenvalue weighted by Crippen LogP contribution is -2.00. The molecule has 56 heavy (non-hydrogen) atoms. The van der Waals surface area contributed by atoms with E-state index in [1.54, 1.807) is 0 Å². The third-order valence-corrected chi connectivity index (χ3v) is 9.60. The van der Waals surface area contributed by atoms with Crippen LogP contribution in [0.5, 0.6) is 0 Å². The zero-order valence-electron chi connectivity index (χ0n) is 30.2. The summed E-state index contributed by atoms with van der Waals surface area (Å²) in [4.78, 5) is 28.4. The Morgan fingerprint density at radius 2 is 0.607 bits per heavy atom. The summed E-state index contributed by atoms with van der Waals surface area (Å²) in [6, 6.07) is 65.0. The fourth-order valence-corrected chi connectivity index (χ4v) is 6.63. The largest absolute Gasteiger partial charge is 0.238 e. The van der Waals surface area contributed by atoms with E-state index in [0.717, 1.165) is 67.0 Å². The van der Waals surface area contributed by atoms with Crippen molar-refractivity contribution in [2.24, 2.45) is 0 Å². The van der Waals surface area contributed by atoms with Crippen LogP contribution < -0.4 is 0 Å². The van der Waals surface area contributed by atoms with Gasteiger partial charge in [0.15, 0.2) is 29.0 Å². The minimum absolute atomic E-state index is 0.591. The van der Waals surface area contributed by atoms with E-state index in [1.807, 2.05) is 127 Å². The lowest BCUT2D eigenvalue weighted by molar-refractivity contribution is 1.07. The van der Waals surface area contributed by atoms with Crippen LogP contribution in [0.2, 0.25) is 0 Å². The molecule has 0 spiro atoms. The Morgan fingerprint density at radius 1 is 0.268 bits per heavy atom. The molecule has 0 aliphatic carbocycles. The first-order valence-electron chi connectivity index (χ1n) is 18.3. The summed E-state index contributed by atoms with van der Waals surface area (Å²) in [5.74, 6) is 2.48. The van der Waals surface area contributed by atoms with Gasteiger partial charge in [-0.3, -0.25) is 0 Å². The Kier molecular flexibility index (Phi) is 9.23. The quantitative estimate of drug-likeness (QED) is 0.146. The van der Waals surface area contributed by atoms with E-state index >= 15 is 0 Å². The molecular formula is C50H32N6. The van der Waals surface area contributed by atoms with E-state index in [9.17, 15) is 0 Å². The zero-order chi connectivity index (χ0) is 37.7. The molecule has 9 rings (SSSR count). The lowest BCUT2D eigenvalue weighted by Gasteiger charge is -2.11. The fraction of sp³-hybridized carbons (Fsp3) is 0. The fourth-order valence-electron chi connectivity index (χ4n) is 6.63. The van der Waals surface area contributed by atoms with Crippen molar-refractivity contribution in [2.45, 2.75) is 0 Å². The van der Waals surface area contributed by atoms with Gasteiger partial charge in [-0.05, 0) is 34.4 Å². The number of benzene rings is 7. The van der Waals surface area contributed by atoms with Crippen molar-refractivity contribution in [1.29, 1.82) is 0 Å². The van der Waals surface area contributed by atoms with E-state index < -0.39 is 0 Å². The molecule has 0 bridgehead atoms. The van der Waals surface area contributed by atoms with Gasteiger partial charge >= 0.3 is 0 Å². The first kappa shape index (κ1) is 33.9. The molecule has 0 saturated carbocycles. The van der Waals surface area contributed by atoms with Crippen molar-refractivity contribution in [3.63, 3.8) is 0 Å².